The van der Waals surface area contributed by atoms with Crippen molar-refractivity contribution in [3.05, 3.63) is 64.4 Å². The molecule has 3 rings (SSSR count). The third-order valence-electron chi connectivity index (χ3n) is 4.62. The molecule has 2 aromatic rings. The van der Waals surface area contributed by atoms with Crippen LogP contribution in [0.5, 0.6) is 0 Å². The summed E-state index contributed by atoms with van der Waals surface area (Å²) in [6, 6.07) is 10.4. The van der Waals surface area contributed by atoms with Crippen LogP contribution in [0.15, 0.2) is 47.4 Å². The van der Waals surface area contributed by atoms with Gasteiger partial charge in [-0.05, 0) is 36.8 Å². The van der Waals surface area contributed by atoms with E-state index < -0.39 is 10.0 Å². The van der Waals surface area contributed by atoms with Crippen LogP contribution in [0.1, 0.15) is 22.8 Å². The molecule has 0 saturated carbocycles. The summed E-state index contributed by atoms with van der Waals surface area (Å²) in [5, 5.41) is 0.367. The molecule has 0 spiro atoms. The van der Waals surface area contributed by atoms with Crippen LogP contribution in [-0.2, 0) is 16.6 Å². The molecule has 2 aromatic carbocycles. The van der Waals surface area contributed by atoms with Gasteiger partial charge >= 0.3 is 0 Å². The first-order valence-electron chi connectivity index (χ1n) is 8.55. The summed E-state index contributed by atoms with van der Waals surface area (Å²) in [5.41, 5.74) is 1.18. The van der Waals surface area contributed by atoms with E-state index in [4.69, 9.17) is 11.6 Å². The second kappa shape index (κ2) is 8.06. The Morgan fingerprint density at radius 3 is 2.44 bits per heavy atom. The van der Waals surface area contributed by atoms with E-state index in [1.54, 1.807) is 18.2 Å². The minimum absolute atomic E-state index is 0.130. The number of halogens is 2. The van der Waals surface area contributed by atoms with E-state index in [1.807, 2.05) is 0 Å². The maximum Gasteiger partial charge on any atom is 0.243 e. The third kappa shape index (κ3) is 4.55. The van der Waals surface area contributed by atoms with E-state index >= 15 is 0 Å². The highest BCUT2D eigenvalue weighted by Crippen LogP contribution is 2.22. The van der Waals surface area contributed by atoms with E-state index in [-0.39, 0.29) is 16.5 Å². The summed E-state index contributed by atoms with van der Waals surface area (Å²) in [7, 11) is -3.65. The zero-order chi connectivity index (χ0) is 19.6. The van der Waals surface area contributed by atoms with E-state index in [0.29, 0.717) is 43.3 Å². The number of ketones is 1. The number of piperazine rings is 1. The molecule has 0 amide bonds. The van der Waals surface area contributed by atoms with E-state index in [0.717, 1.165) is 5.56 Å². The van der Waals surface area contributed by atoms with Crippen LogP contribution in [0.25, 0.3) is 0 Å². The maximum atomic E-state index is 13.2. The Labute approximate surface area is 163 Å². The smallest absolute Gasteiger partial charge is 0.243 e. The van der Waals surface area contributed by atoms with Gasteiger partial charge in [0.25, 0.3) is 0 Å². The molecule has 1 aliphatic rings. The number of Topliss-reactive ketones (excluding diaryl/α,β-unsaturated/α-hetero) is 1. The SMILES string of the molecule is CC(=O)c1cccc(S(=O)(=O)N2CCN(Cc3ccc(F)cc3Cl)CC2)c1. The zero-order valence-corrected chi connectivity index (χ0v) is 16.4. The van der Waals surface area contributed by atoms with Crippen molar-refractivity contribution in [2.24, 2.45) is 0 Å². The lowest BCUT2D eigenvalue weighted by molar-refractivity contribution is 0.101. The van der Waals surface area contributed by atoms with Gasteiger partial charge in [-0.3, -0.25) is 9.69 Å². The summed E-state index contributed by atoms with van der Waals surface area (Å²) in [5.74, 6) is -0.555. The number of sulfonamides is 1. The van der Waals surface area contributed by atoms with Crippen molar-refractivity contribution in [1.82, 2.24) is 9.21 Å². The minimum atomic E-state index is -3.65. The van der Waals surface area contributed by atoms with Crippen LogP contribution < -0.4 is 0 Å². The van der Waals surface area contributed by atoms with Crippen molar-refractivity contribution >= 4 is 27.4 Å². The Morgan fingerprint density at radius 2 is 1.81 bits per heavy atom. The molecule has 0 atom stereocenters. The molecule has 1 saturated heterocycles. The molecule has 0 aliphatic carbocycles. The van der Waals surface area contributed by atoms with E-state index in [2.05, 4.69) is 4.90 Å². The molecule has 8 heteroatoms. The topological polar surface area (TPSA) is 57.7 Å². The minimum Gasteiger partial charge on any atom is -0.296 e. The first kappa shape index (κ1) is 19.9. The number of carbonyl (C=O) groups is 1. The zero-order valence-electron chi connectivity index (χ0n) is 14.9. The Hall–Kier alpha value is -1.80. The largest absolute Gasteiger partial charge is 0.296 e. The second-order valence-corrected chi connectivity index (χ2v) is 8.85. The number of nitrogens with zero attached hydrogens (tertiary/aromatic N) is 2. The van der Waals surface area contributed by atoms with Gasteiger partial charge in [0.05, 0.1) is 4.90 Å². The monoisotopic (exact) mass is 410 g/mol. The molecule has 1 fully saturated rings. The average molecular weight is 411 g/mol. The molecule has 144 valence electrons. The predicted molar refractivity (Wildman–Crippen MR) is 102 cm³/mol. The average Bonchev–Trinajstić information content (AvgIpc) is 2.64. The molecule has 1 heterocycles. The summed E-state index contributed by atoms with van der Waals surface area (Å²) in [6.45, 7) is 3.70. The van der Waals surface area contributed by atoms with Crippen molar-refractivity contribution in [2.45, 2.75) is 18.4 Å². The lowest BCUT2D eigenvalue weighted by Gasteiger charge is -2.34. The van der Waals surface area contributed by atoms with Crippen molar-refractivity contribution in [3.63, 3.8) is 0 Å². The van der Waals surface area contributed by atoms with Crippen LogP contribution in [0.2, 0.25) is 5.02 Å². The summed E-state index contributed by atoms with van der Waals surface area (Å²) >= 11 is 6.07. The van der Waals surface area contributed by atoms with Gasteiger partial charge in [0.15, 0.2) is 5.78 Å². The molecule has 0 unspecified atom stereocenters. The number of hydrogen-bond donors (Lipinski definition) is 0. The molecule has 0 bridgehead atoms. The number of rotatable bonds is 5. The van der Waals surface area contributed by atoms with Crippen LogP contribution in [0.3, 0.4) is 0 Å². The Balaban J connectivity index is 1.67. The number of hydrogen-bond acceptors (Lipinski definition) is 4. The molecule has 5 nitrogen and oxygen atoms in total. The fourth-order valence-electron chi connectivity index (χ4n) is 3.04. The summed E-state index contributed by atoms with van der Waals surface area (Å²) in [4.78, 5) is 13.7. The van der Waals surface area contributed by atoms with Crippen LogP contribution in [-0.4, -0.2) is 49.6 Å². The lowest BCUT2D eigenvalue weighted by atomic mass is 10.2. The van der Waals surface area contributed by atoms with Gasteiger partial charge in [0.1, 0.15) is 5.82 Å². The lowest BCUT2D eigenvalue weighted by Crippen LogP contribution is -2.48. The van der Waals surface area contributed by atoms with Crippen LogP contribution in [0.4, 0.5) is 4.39 Å². The van der Waals surface area contributed by atoms with Gasteiger partial charge in [-0.25, -0.2) is 12.8 Å². The van der Waals surface area contributed by atoms with Gasteiger partial charge in [0.2, 0.25) is 10.0 Å². The highest BCUT2D eigenvalue weighted by atomic mass is 35.5. The van der Waals surface area contributed by atoms with E-state index in [1.165, 1.54) is 35.5 Å². The van der Waals surface area contributed by atoms with Crippen molar-refractivity contribution in [2.75, 3.05) is 26.2 Å². The normalized spacial score (nSPS) is 16.4. The van der Waals surface area contributed by atoms with Crippen LogP contribution in [0, 0.1) is 5.82 Å². The maximum absolute atomic E-state index is 13.2. The van der Waals surface area contributed by atoms with Gasteiger partial charge in [0, 0.05) is 43.3 Å². The summed E-state index contributed by atoms with van der Waals surface area (Å²) < 4.78 is 40.3. The predicted octanol–water partition coefficient (Wildman–Crippen LogP) is 3.19. The van der Waals surface area contributed by atoms with Crippen molar-refractivity contribution in [3.8, 4) is 0 Å². The fraction of sp³-hybridized carbons (Fsp3) is 0.316. The Morgan fingerprint density at radius 1 is 1.11 bits per heavy atom. The molecular weight excluding hydrogens is 391 g/mol. The second-order valence-electron chi connectivity index (χ2n) is 6.50. The fourth-order valence-corrected chi connectivity index (χ4v) is 4.74. The molecule has 0 aromatic heterocycles. The van der Waals surface area contributed by atoms with Gasteiger partial charge < -0.3 is 0 Å². The number of carbonyl (C=O) groups excluding carboxylic acids is 1. The Bertz CT molecular complexity index is 957. The highest BCUT2D eigenvalue weighted by Gasteiger charge is 2.29. The third-order valence-corrected chi connectivity index (χ3v) is 6.87. The van der Waals surface area contributed by atoms with Crippen molar-refractivity contribution in [1.29, 1.82) is 0 Å². The van der Waals surface area contributed by atoms with Crippen LogP contribution >= 0.6 is 11.6 Å². The molecule has 0 N–H and O–H groups in total. The molecule has 27 heavy (non-hydrogen) atoms. The quantitative estimate of drug-likeness (QED) is 0.710. The van der Waals surface area contributed by atoms with Gasteiger partial charge in [-0.15, -0.1) is 0 Å². The molecular formula is C19H20ClFN2O3S. The van der Waals surface area contributed by atoms with Gasteiger partial charge in [-0.1, -0.05) is 29.8 Å². The highest BCUT2D eigenvalue weighted by molar-refractivity contribution is 7.89. The summed E-state index contributed by atoms with van der Waals surface area (Å²) in [6.07, 6.45) is 0. The van der Waals surface area contributed by atoms with E-state index in [9.17, 15) is 17.6 Å². The number of benzene rings is 2. The van der Waals surface area contributed by atoms with Crippen molar-refractivity contribution < 1.29 is 17.6 Å². The molecule has 0 radical (unpaired) electrons. The van der Waals surface area contributed by atoms with Gasteiger partial charge in [-0.2, -0.15) is 4.31 Å². The first-order valence-corrected chi connectivity index (χ1v) is 10.4. The Kier molecular flexibility index (Phi) is 5.95. The molecule has 1 aliphatic heterocycles. The standard InChI is InChI=1S/C19H20ClFN2O3S/c1-14(24)15-3-2-4-18(11-15)27(25,26)23-9-7-22(8-10-23)13-16-5-6-17(21)12-19(16)20/h2-6,11-12H,7-10,13H2,1H3. The first-order chi connectivity index (χ1) is 12.8.